The number of ether oxygens (including phenoxy) is 3. The first kappa shape index (κ1) is 27.3. The summed E-state index contributed by atoms with van der Waals surface area (Å²) in [6, 6.07) is 25.0. The van der Waals surface area contributed by atoms with E-state index in [-0.39, 0.29) is 29.0 Å². The van der Waals surface area contributed by atoms with Gasteiger partial charge in [-0.05, 0) is 72.1 Å². The Hall–Kier alpha value is -4.27. The lowest BCUT2D eigenvalue weighted by Gasteiger charge is -2.14. The van der Waals surface area contributed by atoms with Crippen molar-refractivity contribution in [2.75, 3.05) is 19.8 Å². The fraction of sp³-hybridized carbons (Fsp3) is 0.129. The highest BCUT2D eigenvalue weighted by Crippen LogP contribution is 2.35. The van der Waals surface area contributed by atoms with Crippen LogP contribution in [0.5, 0.6) is 17.2 Å². The fourth-order valence-corrected chi connectivity index (χ4v) is 5.21. The average molecular weight is 574 g/mol. The molecule has 202 valence electrons. The highest BCUT2D eigenvalue weighted by Gasteiger charge is 2.35. The average Bonchev–Trinajstić information content (AvgIpc) is 3.22. The second-order valence-electron chi connectivity index (χ2n) is 8.70. The lowest BCUT2D eigenvalue weighted by Crippen LogP contribution is -2.32. The number of halogens is 1. The van der Waals surface area contributed by atoms with Crippen LogP contribution >= 0.6 is 23.4 Å². The third kappa shape index (κ3) is 6.14. The Morgan fingerprint density at radius 1 is 0.900 bits per heavy atom. The van der Waals surface area contributed by atoms with Crippen LogP contribution in [0.3, 0.4) is 0 Å². The van der Waals surface area contributed by atoms with E-state index < -0.39 is 11.9 Å². The van der Waals surface area contributed by atoms with Crippen molar-refractivity contribution in [3.8, 4) is 17.2 Å². The first-order valence-electron chi connectivity index (χ1n) is 12.5. The maximum atomic E-state index is 13.0. The molecule has 0 aromatic heterocycles. The maximum absolute atomic E-state index is 13.0. The third-order valence-corrected chi connectivity index (χ3v) is 7.17. The van der Waals surface area contributed by atoms with E-state index in [2.05, 4.69) is 0 Å². The molecular weight excluding hydrogens is 550 g/mol. The summed E-state index contributed by atoms with van der Waals surface area (Å²) in [5.74, 6) is 0.270. The number of amides is 2. The summed E-state index contributed by atoms with van der Waals surface area (Å²) in [5, 5.41) is 2.07. The van der Waals surface area contributed by atoms with E-state index in [4.69, 9.17) is 25.8 Å². The summed E-state index contributed by atoms with van der Waals surface area (Å²) >= 11 is 6.84. The predicted molar refractivity (Wildman–Crippen MR) is 156 cm³/mol. The van der Waals surface area contributed by atoms with Crippen molar-refractivity contribution in [2.45, 2.75) is 6.92 Å². The van der Waals surface area contributed by atoms with Gasteiger partial charge in [0.2, 0.25) is 0 Å². The van der Waals surface area contributed by atoms with Gasteiger partial charge in [-0.2, -0.15) is 0 Å². The molecule has 1 saturated heterocycles. The number of benzene rings is 4. The van der Waals surface area contributed by atoms with Gasteiger partial charge >= 0.3 is 5.97 Å². The molecule has 4 aromatic carbocycles. The standard InChI is InChI=1S/C31H24ClNO6S/c1-2-37-27-17-20(13-14-26(27)39-30(35)22-9-5-10-23(32)19-22)18-28-29(34)33(31(36)40-28)15-16-38-25-12-6-8-21-7-3-4-11-24(21)25/h3-14,17-19H,2,15-16H2,1H3/b28-18-. The molecule has 2 amide bonds. The zero-order valence-electron chi connectivity index (χ0n) is 21.5. The fourth-order valence-electron chi connectivity index (χ4n) is 4.15. The van der Waals surface area contributed by atoms with Gasteiger partial charge in [-0.25, -0.2) is 4.79 Å². The van der Waals surface area contributed by atoms with Gasteiger partial charge in [0.05, 0.1) is 23.6 Å². The van der Waals surface area contributed by atoms with Crippen molar-refractivity contribution in [2.24, 2.45) is 0 Å². The molecule has 0 aliphatic carbocycles. The molecule has 0 bridgehead atoms. The molecule has 0 radical (unpaired) electrons. The number of thioether (sulfide) groups is 1. The van der Waals surface area contributed by atoms with Gasteiger partial charge in [-0.3, -0.25) is 14.5 Å². The lowest BCUT2D eigenvalue weighted by atomic mass is 10.1. The number of hydrogen-bond acceptors (Lipinski definition) is 7. The van der Waals surface area contributed by atoms with Gasteiger partial charge in [-0.15, -0.1) is 0 Å². The monoisotopic (exact) mass is 573 g/mol. The summed E-state index contributed by atoms with van der Waals surface area (Å²) in [6.07, 6.45) is 1.61. The van der Waals surface area contributed by atoms with Gasteiger partial charge in [-0.1, -0.05) is 60.1 Å². The molecule has 1 aliphatic rings. The number of rotatable bonds is 9. The van der Waals surface area contributed by atoms with Crippen LogP contribution in [0.2, 0.25) is 5.02 Å². The van der Waals surface area contributed by atoms with E-state index in [0.29, 0.717) is 34.3 Å². The molecule has 7 nitrogen and oxygen atoms in total. The predicted octanol–water partition coefficient (Wildman–Crippen LogP) is 7.23. The Bertz CT molecular complexity index is 1630. The Kier molecular flexibility index (Phi) is 8.38. The zero-order chi connectivity index (χ0) is 28.1. The van der Waals surface area contributed by atoms with Crippen LogP contribution in [-0.4, -0.2) is 41.8 Å². The molecule has 9 heteroatoms. The molecule has 0 saturated carbocycles. The number of carbonyl (C=O) groups is 3. The van der Waals surface area contributed by atoms with Crippen LogP contribution in [-0.2, 0) is 4.79 Å². The summed E-state index contributed by atoms with van der Waals surface area (Å²) in [7, 11) is 0. The zero-order valence-corrected chi connectivity index (χ0v) is 23.0. The summed E-state index contributed by atoms with van der Waals surface area (Å²) in [6.45, 7) is 2.42. The van der Waals surface area contributed by atoms with Gasteiger partial charge in [0.1, 0.15) is 12.4 Å². The van der Waals surface area contributed by atoms with Crippen molar-refractivity contribution in [3.05, 3.63) is 106 Å². The van der Waals surface area contributed by atoms with Crippen LogP contribution in [0.4, 0.5) is 4.79 Å². The molecule has 4 aromatic rings. The molecule has 40 heavy (non-hydrogen) atoms. The maximum Gasteiger partial charge on any atom is 0.343 e. The first-order valence-corrected chi connectivity index (χ1v) is 13.7. The van der Waals surface area contributed by atoms with E-state index in [0.717, 1.165) is 22.5 Å². The molecule has 0 spiro atoms. The Labute approximate surface area is 240 Å². The SMILES string of the molecule is CCOc1cc(/C=C2\SC(=O)N(CCOc3cccc4ccccc34)C2=O)ccc1OC(=O)c1cccc(Cl)c1. The molecule has 0 atom stereocenters. The van der Waals surface area contributed by atoms with E-state index in [1.807, 2.05) is 42.5 Å². The minimum absolute atomic E-state index is 0.119. The Morgan fingerprint density at radius 2 is 1.70 bits per heavy atom. The number of carbonyl (C=O) groups excluding carboxylic acids is 3. The van der Waals surface area contributed by atoms with E-state index in [1.165, 1.54) is 11.0 Å². The van der Waals surface area contributed by atoms with Gasteiger partial charge < -0.3 is 14.2 Å². The second-order valence-corrected chi connectivity index (χ2v) is 10.1. The number of esters is 1. The number of imide groups is 1. The van der Waals surface area contributed by atoms with Crippen molar-refractivity contribution in [3.63, 3.8) is 0 Å². The van der Waals surface area contributed by atoms with Crippen LogP contribution in [0.25, 0.3) is 16.8 Å². The summed E-state index contributed by atoms with van der Waals surface area (Å²) in [5.41, 5.74) is 0.917. The van der Waals surface area contributed by atoms with Crippen LogP contribution in [0.15, 0.2) is 89.8 Å². The molecule has 1 fully saturated rings. The number of fused-ring (bicyclic) bond motifs is 1. The molecule has 0 unspecified atom stereocenters. The van der Waals surface area contributed by atoms with Crippen molar-refractivity contribution in [1.29, 1.82) is 0 Å². The van der Waals surface area contributed by atoms with Crippen LogP contribution in [0, 0.1) is 0 Å². The van der Waals surface area contributed by atoms with Crippen molar-refractivity contribution in [1.82, 2.24) is 4.90 Å². The molecule has 5 rings (SSSR count). The minimum atomic E-state index is -0.581. The van der Waals surface area contributed by atoms with Crippen LogP contribution in [0.1, 0.15) is 22.8 Å². The second kappa shape index (κ2) is 12.3. The van der Waals surface area contributed by atoms with Crippen molar-refractivity contribution < 1.29 is 28.6 Å². The Balaban J connectivity index is 1.27. The normalized spacial score (nSPS) is 14.2. The Morgan fingerprint density at radius 3 is 2.52 bits per heavy atom. The first-order chi connectivity index (χ1) is 19.4. The van der Waals surface area contributed by atoms with Gasteiger partial charge in [0, 0.05) is 10.4 Å². The molecular formula is C31H24ClNO6S. The number of hydrogen-bond donors (Lipinski definition) is 0. The number of nitrogens with zero attached hydrogens (tertiary/aromatic N) is 1. The largest absolute Gasteiger partial charge is 0.491 e. The molecule has 1 aliphatic heterocycles. The quantitative estimate of drug-likeness (QED) is 0.119. The minimum Gasteiger partial charge on any atom is -0.491 e. The summed E-state index contributed by atoms with van der Waals surface area (Å²) in [4.78, 5) is 39.7. The third-order valence-electron chi connectivity index (χ3n) is 6.02. The van der Waals surface area contributed by atoms with E-state index >= 15 is 0 Å². The van der Waals surface area contributed by atoms with E-state index in [1.54, 1.807) is 49.4 Å². The topological polar surface area (TPSA) is 82.1 Å². The molecule has 1 heterocycles. The van der Waals surface area contributed by atoms with Gasteiger partial charge in [0.25, 0.3) is 11.1 Å². The smallest absolute Gasteiger partial charge is 0.343 e. The summed E-state index contributed by atoms with van der Waals surface area (Å²) < 4.78 is 17.1. The van der Waals surface area contributed by atoms with Gasteiger partial charge in [0.15, 0.2) is 11.5 Å². The highest BCUT2D eigenvalue weighted by molar-refractivity contribution is 8.18. The molecule has 0 N–H and O–H groups in total. The highest BCUT2D eigenvalue weighted by atomic mass is 35.5. The van der Waals surface area contributed by atoms with Crippen molar-refractivity contribution >= 4 is 57.3 Å². The van der Waals surface area contributed by atoms with E-state index in [9.17, 15) is 14.4 Å². The lowest BCUT2D eigenvalue weighted by molar-refractivity contribution is -0.123. The van der Waals surface area contributed by atoms with Crippen LogP contribution < -0.4 is 14.2 Å².